The summed E-state index contributed by atoms with van der Waals surface area (Å²) < 4.78 is 1.21. The van der Waals surface area contributed by atoms with Gasteiger partial charge in [-0.3, -0.25) is 10.1 Å². The molecule has 2 aliphatic rings. The molecule has 0 aromatic heterocycles. The second kappa shape index (κ2) is 5.63. The lowest BCUT2D eigenvalue weighted by atomic mass is 9.77. The third-order valence-corrected chi connectivity index (χ3v) is 5.46. The van der Waals surface area contributed by atoms with Gasteiger partial charge >= 0.3 is 0 Å². The summed E-state index contributed by atoms with van der Waals surface area (Å²) in [6.07, 6.45) is 5.40. The van der Waals surface area contributed by atoms with E-state index in [1.807, 2.05) is 12.1 Å². The molecule has 0 fully saturated rings. The lowest BCUT2D eigenvalue weighted by Crippen LogP contribution is -2.29. The molecule has 5 heteroatoms. The molecule has 23 heavy (non-hydrogen) atoms. The van der Waals surface area contributed by atoms with Crippen molar-refractivity contribution in [1.29, 1.82) is 0 Å². The average molecular weight is 418 g/mol. The lowest BCUT2D eigenvalue weighted by molar-refractivity contribution is -0.385. The highest BCUT2D eigenvalue weighted by Gasteiger charge is 2.40. The van der Waals surface area contributed by atoms with Crippen molar-refractivity contribution in [3.63, 3.8) is 0 Å². The van der Waals surface area contributed by atoms with Gasteiger partial charge in [0.15, 0.2) is 0 Å². The van der Waals surface area contributed by atoms with Gasteiger partial charge in [-0.05, 0) is 58.7 Å². The summed E-state index contributed by atoms with van der Waals surface area (Å²) in [6.45, 7) is 0. The number of hydrogen-bond acceptors (Lipinski definition) is 3. The van der Waals surface area contributed by atoms with E-state index in [9.17, 15) is 10.1 Å². The molecular formula is C18H15IN2O2. The predicted molar refractivity (Wildman–Crippen MR) is 98.6 cm³/mol. The molecule has 116 valence electrons. The van der Waals surface area contributed by atoms with Gasteiger partial charge in [0, 0.05) is 21.2 Å². The Hall–Kier alpha value is -1.89. The first kappa shape index (κ1) is 14.7. The summed E-state index contributed by atoms with van der Waals surface area (Å²) in [4.78, 5) is 11.1. The number of fused-ring (bicyclic) bond motifs is 3. The van der Waals surface area contributed by atoms with Crippen LogP contribution in [0.1, 0.15) is 29.5 Å². The zero-order chi connectivity index (χ0) is 16.0. The van der Waals surface area contributed by atoms with E-state index in [2.05, 4.69) is 58.3 Å². The molecule has 2 aromatic rings. The highest BCUT2D eigenvalue weighted by molar-refractivity contribution is 14.1. The van der Waals surface area contributed by atoms with Crippen LogP contribution in [0.5, 0.6) is 0 Å². The minimum absolute atomic E-state index is 0.0378. The van der Waals surface area contributed by atoms with Gasteiger partial charge < -0.3 is 5.32 Å². The minimum Gasteiger partial charge on any atom is -0.377 e. The number of anilines is 1. The van der Waals surface area contributed by atoms with Crippen molar-refractivity contribution in [3.05, 3.63) is 79.4 Å². The van der Waals surface area contributed by atoms with Crippen molar-refractivity contribution in [1.82, 2.24) is 0 Å². The van der Waals surface area contributed by atoms with Crippen molar-refractivity contribution < 1.29 is 4.92 Å². The maximum atomic E-state index is 11.4. The third-order valence-electron chi connectivity index (χ3n) is 4.79. The first-order chi connectivity index (χ1) is 11.1. The molecule has 0 saturated heterocycles. The molecule has 0 spiro atoms. The summed E-state index contributed by atoms with van der Waals surface area (Å²) in [7, 11) is 0. The van der Waals surface area contributed by atoms with Gasteiger partial charge in [-0.1, -0.05) is 30.4 Å². The van der Waals surface area contributed by atoms with E-state index in [0.29, 0.717) is 11.8 Å². The highest BCUT2D eigenvalue weighted by Crippen LogP contribution is 2.51. The number of para-hydroxylation sites is 1. The first-order valence-electron chi connectivity index (χ1n) is 7.61. The summed E-state index contributed by atoms with van der Waals surface area (Å²) in [5.74, 6) is 0.646. The fourth-order valence-electron chi connectivity index (χ4n) is 3.79. The minimum atomic E-state index is -0.280. The SMILES string of the molecule is O=[N+]([O-])c1ccccc1[C@@H]1Nc2ccc(I)cc2[C@H]2C=CC[C@H]21. The standard InChI is InChI=1S/C18H15IN2O2/c19-11-8-9-16-15(10-11)12-5-3-6-13(12)18(20-16)14-4-1-2-7-17(14)21(22)23/h1-5,7-10,12-13,18,20H,6H2/t12-,13+,18+/m0/s1. The molecule has 0 bridgehead atoms. The number of nitrogens with one attached hydrogen (secondary N) is 1. The fourth-order valence-corrected chi connectivity index (χ4v) is 4.31. The van der Waals surface area contributed by atoms with Crippen LogP contribution in [-0.4, -0.2) is 4.92 Å². The van der Waals surface area contributed by atoms with Crippen LogP contribution >= 0.6 is 22.6 Å². The fraction of sp³-hybridized carbons (Fsp3) is 0.222. The summed E-state index contributed by atoms with van der Waals surface area (Å²) >= 11 is 2.33. The van der Waals surface area contributed by atoms with E-state index in [4.69, 9.17) is 0 Å². The normalized spacial score (nSPS) is 24.7. The largest absolute Gasteiger partial charge is 0.377 e. The molecule has 2 aromatic carbocycles. The van der Waals surface area contributed by atoms with Crippen LogP contribution in [0, 0.1) is 19.6 Å². The Labute approximate surface area is 147 Å². The van der Waals surface area contributed by atoms with Crippen LogP contribution in [-0.2, 0) is 0 Å². The maximum Gasteiger partial charge on any atom is 0.274 e. The Balaban J connectivity index is 1.83. The van der Waals surface area contributed by atoms with E-state index in [-0.39, 0.29) is 16.7 Å². The molecule has 4 rings (SSSR count). The summed E-state index contributed by atoms with van der Waals surface area (Å²) in [5.41, 5.74) is 3.36. The lowest BCUT2D eigenvalue weighted by Gasteiger charge is -2.37. The van der Waals surface area contributed by atoms with Gasteiger partial charge in [-0.2, -0.15) is 0 Å². The zero-order valence-electron chi connectivity index (χ0n) is 12.3. The van der Waals surface area contributed by atoms with Crippen molar-refractivity contribution in [3.8, 4) is 0 Å². The quantitative estimate of drug-likeness (QED) is 0.322. The van der Waals surface area contributed by atoms with Crippen LogP contribution in [0.3, 0.4) is 0 Å². The Kier molecular flexibility index (Phi) is 3.60. The molecule has 1 aliphatic carbocycles. The Bertz CT molecular complexity index is 818. The van der Waals surface area contributed by atoms with Crippen LogP contribution in [0.25, 0.3) is 0 Å². The zero-order valence-corrected chi connectivity index (χ0v) is 14.4. The summed E-state index contributed by atoms with van der Waals surface area (Å²) in [6, 6.07) is 13.4. The van der Waals surface area contributed by atoms with E-state index in [1.54, 1.807) is 12.1 Å². The molecule has 0 saturated carbocycles. The van der Waals surface area contributed by atoms with Crippen LogP contribution in [0.4, 0.5) is 11.4 Å². The maximum absolute atomic E-state index is 11.4. The van der Waals surface area contributed by atoms with E-state index in [0.717, 1.165) is 17.7 Å². The Morgan fingerprint density at radius 3 is 2.83 bits per heavy atom. The van der Waals surface area contributed by atoms with Gasteiger partial charge in [0.25, 0.3) is 5.69 Å². The second-order valence-corrected chi connectivity index (χ2v) is 7.27. The number of hydrogen-bond donors (Lipinski definition) is 1. The molecule has 0 amide bonds. The average Bonchev–Trinajstić information content (AvgIpc) is 3.04. The molecule has 3 atom stereocenters. The number of rotatable bonds is 2. The molecule has 1 heterocycles. The third kappa shape index (κ3) is 2.43. The van der Waals surface area contributed by atoms with Crippen molar-refractivity contribution in [2.75, 3.05) is 5.32 Å². The molecule has 1 N–H and O–H groups in total. The van der Waals surface area contributed by atoms with E-state index >= 15 is 0 Å². The van der Waals surface area contributed by atoms with Crippen LogP contribution in [0.15, 0.2) is 54.6 Å². The van der Waals surface area contributed by atoms with Crippen molar-refractivity contribution >= 4 is 34.0 Å². The first-order valence-corrected chi connectivity index (χ1v) is 8.69. The molecule has 4 nitrogen and oxygen atoms in total. The number of benzene rings is 2. The van der Waals surface area contributed by atoms with Gasteiger partial charge in [0.1, 0.15) is 0 Å². The van der Waals surface area contributed by atoms with Gasteiger partial charge in [-0.15, -0.1) is 0 Å². The smallest absolute Gasteiger partial charge is 0.274 e. The number of halogens is 1. The number of nitrogens with zero attached hydrogens (tertiary/aromatic N) is 1. The predicted octanol–water partition coefficient (Wildman–Crippen LogP) is 5.03. The van der Waals surface area contributed by atoms with Gasteiger partial charge in [-0.25, -0.2) is 0 Å². The Morgan fingerprint density at radius 1 is 1.17 bits per heavy atom. The monoisotopic (exact) mass is 418 g/mol. The number of nitro groups is 1. The van der Waals surface area contributed by atoms with E-state index < -0.39 is 0 Å². The molecule has 0 radical (unpaired) electrons. The number of allylic oxidation sites excluding steroid dienone is 2. The Morgan fingerprint density at radius 2 is 2.00 bits per heavy atom. The molecule has 1 aliphatic heterocycles. The van der Waals surface area contributed by atoms with Crippen molar-refractivity contribution in [2.24, 2.45) is 5.92 Å². The van der Waals surface area contributed by atoms with Gasteiger partial charge in [0.05, 0.1) is 16.5 Å². The number of nitro benzene ring substituents is 1. The van der Waals surface area contributed by atoms with Crippen LogP contribution < -0.4 is 5.32 Å². The second-order valence-electron chi connectivity index (χ2n) is 6.02. The molecule has 0 unspecified atom stereocenters. The highest BCUT2D eigenvalue weighted by atomic mass is 127. The van der Waals surface area contributed by atoms with E-state index in [1.165, 1.54) is 9.13 Å². The van der Waals surface area contributed by atoms with Crippen molar-refractivity contribution in [2.45, 2.75) is 18.4 Å². The topological polar surface area (TPSA) is 55.2 Å². The molecular weight excluding hydrogens is 403 g/mol. The summed E-state index contributed by atoms with van der Waals surface area (Å²) in [5, 5.41) is 15.0. The van der Waals surface area contributed by atoms with Gasteiger partial charge in [0.2, 0.25) is 0 Å². The van der Waals surface area contributed by atoms with Crippen LogP contribution in [0.2, 0.25) is 0 Å².